The number of anilines is 2. The number of benzene rings is 2. The Kier molecular flexibility index (Phi) is 6.11. The first-order valence-corrected chi connectivity index (χ1v) is 12.3. The Balaban J connectivity index is 1.45. The van der Waals surface area contributed by atoms with Crippen molar-refractivity contribution in [1.82, 2.24) is 4.31 Å². The largest absolute Gasteiger partial charge is 0.325 e. The molecule has 1 aliphatic heterocycles. The lowest BCUT2D eigenvalue weighted by molar-refractivity contribution is -0.120. The second-order valence-electron chi connectivity index (χ2n) is 8.77. The van der Waals surface area contributed by atoms with Crippen LogP contribution < -0.4 is 10.2 Å². The van der Waals surface area contributed by atoms with Crippen LogP contribution in [0.3, 0.4) is 0 Å². The zero-order valence-corrected chi connectivity index (χ0v) is 19.7. The summed E-state index contributed by atoms with van der Waals surface area (Å²) in [6.07, 6.45) is 2.42. The van der Waals surface area contributed by atoms with Gasteiger partial charge in [-0.3, -0.25) is 14.4 Å². The van der Waals surface area contributed by atoms with E-state index in [1.54, 1.807) is 41.3 Å². The first kappa shape index (κ1) is 23.1. The zero-order chi connectivity index (χ0) is 23.9. The summed E-state index contributed by atoms with van der Waals surface area (Å²) in [4.78, 5) is 38.3. The highest BCUT2D eigenvalue weighted by molar-refractivity contribution is 7.89. The van der Waals surface area contributed by atoms with Crippen LogP contribution in [0.25, 0.3) is 0 Å². The number of carbonyl (C=O) groups excluding carboxylic acids is 3. The second kappa shape index (κ2) is 8.72. The molecule has 0 saturated heterocycles. The molecular weight excluding hydrogens is 442 g/mol. The molecule has 1 saturated carbocycles. The summed E-state index contributed by atoms with van der Waals surface area (Å²) >= 11 is 0. The van der Waals surface area contributed by atoms with Crippen molar-refractivity contribution >= 4 is 39.0 Å². The van der Waals surface area contributed by atoms with Crippen molar-refractivity contribution in [2.75, 3.05) is 23.8 Å². The van der Waals surface area contributed by atoms with E-state index in [0.717, 1.165) is 28.4 Å². The van der Waals surface area contributed by atoms with E-state index >= 15 is 0 Å². The monoisotopic (exact) mass is 469 g/mol. The third-order valence-electron chi connectivity index (χ3n) is 6.08. The fraction of sp³-hybridized carbons (Fsp3) is 0.375. The average molecular weight is 470 g/mol. The fourth-order valence-electron chi connectivity index (χ4n) is 4.09. The van der Waals surface area contributed by atoms with E-state index < -0.39 is 15.9 Å². The molecule has 0 aromatic heterocycles. The predicted octanol–water partition coefficient (Wildman–Crippen LogP) is 2.84. The van der Waals surface area contributed by atoms with Gasteiger partial charge < -0.3 is 10.2 Å². The molecule has 2 aliphatic rings. The lowest BCUT2D eigenvalue weighted by atomic mass is 10.1. The van der Waals surface area contributed by atoms with Crippen LogP contribution >= 0.6 is 0 Å². The minimum Gasteiger partial charge on any atom is -0.325 e. The molecule has 1 atom stereocenters. The van der Waals surface area contributed by atoms with Crippen molar-refractivity contribution in [2.24, 2.45) is 5.92 Å². The number of amides is 2. The lowest BCUT2D eigenvalue weighted by Gasteiger charge is -2.23. The molecule has 0 radical (unpaired) electrons. The third-order valence-corrected chi connectivity index (χ3v) is 7.88. The Morgan fingerprint density at radius 1 is 1.09 bits per heavy atom. The fourth-order valence-corrected chi connectivity index (χ4v) is 5.26. The quantitative estimate of drug-likeness (QED) is 0.628. The van der Waals surface area contributed by atoms with Gasteiger partial charge in [-0.15, -0.1) is 0 Å². The van der Waals surface area contributed by atoms with Crippen molar-refractivity contribution in [3.05, 3.63) is 53.6 Å². The summed E-state index contributed by atoms with van der Waals surface area (Å²) in [5.41, 5.74) is 2.59. The minimum absolute atomic E-state index is 0.0102. The molecule has 2 amide bonds. The highest BCUT2D eigenvalue weighted by Gasteiger charge is 2.40. The van der Waals surface area contributed by atoms with Crippen LogP contribution in [0.15, 0.2) is 47.4 Å². The van der Waals surface area contributed by atoms with Crippen LogP contribution in [0, 0.1) is 5.92 Å². The van der Waals surface area contributed by atoms with Gasteiger partial charge in [-0.25, -0.2) is 8.42 Å². The van der Waals surface area contributed by atoms with Crippen molar-refractivity contribution < 1.29 is 22.8 Å². The van der Waals surface area contributed by atoms with E-state index in [-0.39, 0.29) is 35.1 Å². The van der Waals surface area contributed by atoms with Crippen LogP contribution in [0.1, 0.15) is 42.6 Å². The molecule has 174 valence electrons. The van der Waals surface area contributed by atoms with E-state index in [0.29, 0.717) is 17.7 Å². The maximum Gasteiger partial charge on any atom is 0.243 e. The molecule has 0 bridgehead atoms. The molecule has 1 aliphatic carbocycles. The van der Waals surface area contributed by atoms with Gasteiger partial charge in [0.15, 0.2) is 5.78 Å². The van der Waals surface area contributed by atoms with Crippen molar-refractivity contribution in [3.63, 3.8) is 0 Å². The number of rotatable bonds is 7. The molecule has 2 aromatic rings. The molecular formula is C24H27N3O5S. The van der Waals surface area contributed by atoms with E-state index in [1.165, 1.54) is 20.0 Å². The summed E-state index contributed by atoms with van der Waals surface area (Å²) in [5, 5.41) is 2.64. The summed E-state index contributed by atoms with van der Waals surface area (Å²) in [6, 6.07) is 11.2. The first-order valence-electron chi connectivity index (χ1n) is 10.9. The van der Waals surface area contributed by atoms with Gasteiger partial charge in [0.25, 0.3) is 0 Å². The molecule has 1 fully saturated rings. The van der Waals surface area contributed by atoms with Gasteiger partial charge in [-0.1, -0.05) is 0 Å². The molecule has 9 heteroatoms. The van der Waals surface area contributed by atoms with Gasteiger partial charge in [0.05, 0.1) is 11.4 Å². The Labute approximate surface area is 193 Å². The molecule has 4 rings (SSSR count). The van der Waals surface area contributed by atoms with Crippen LogP contribution in [-0.2, 0) is 26.0 Å². The Hall–Kier alpha value is -3.04. The van der Waals surface area contributed by atoms with Gasteiger partial charge in [-0.05, 0) is 81.1 Å². The van der Waals surface area contributed by atoms with Crippen LogP contribution in [0.2, 0.25) is 0 Å². The standard InChI is InChI=1S/C24H27N3O5S/c1-15-12-19-13-21(10-11-22(19)27(15)24(30)18-4-5-18)33(31,32)26(3)14-23(29)25-20-8-6-17(7-9-20)16(2)28/h6-11,13,15,18H,4-5,12,14H2,1-3H3,(H,25,29)/t15-/m0/s1. The SMILES string of the molecule is CC(=O)c1ccc(NC(=O)CN(C)S(=O)(=O)c2ccc3c(c2)C[C@H](C)N3C(=O)C2CC2)cc1. The summed E-state index contributed by atoms with van der Waals surface area (Å²) in [7, 11) is -2.55. The van der Waals surface area contributed by atoms with E-state index in [9.17, 15) is 22.8 Å². The predicted molar refractivity (Wildman–Crippen MR) is 125 cm³/mol. The number of ketones is 1. The summed E-state index contributed by atoms with van der Waals surface area (Å²) in [5.74, 6) is -0.373. The maximum absolute atomic E-state index is 13.1. The van der Waals surface area contributed by atoms with Crippen LogP contribution in [0.4, 0.5) is 11.4 Å². The van der Waals surface area contributed by atoms with E-state index in [2.05, 4.69) is 5.32 Å². The first-order chi connectivity index (χ1) is 15.6. The number of sulfonamides is 1. The van der Waals surface area contributed by atoms with Gasteiger partial charge in [0, 0.05) is 35.9 Å². The number of likely N-dealkylation sites (N-methyl/N-ethyl adjacent to an activating group) is 1. The van der Waals surface area contributed by atoms with Gasteiger partial charge in [0.1, 0.15) is 0 Å². The average Bonchev–Trinajstić information content (AvgIpc) is 3.55. The number of hydrogen-bond acceptors (Lipinski definition) is 5. The summed E-state index contributed by atoms with van der Waals surface area (Å²) < 4.78 is 27.2. The minimum atomic E-state index is -3.90. The highest BCUT2D eigenvalue weighted by Crippen LogP contribution is 2.39. The van der Waals surface area contributed by atoms with E-state index in [4.69, 9.17) is 0 Å². The maximum atomic E-state index is 13.1. The van der Waals surface area contributed by atoms with Gasteiger partial charge >= 0.3 is 0 Å². The molecule has 33 heavy (non-hydrogen) atoms. The number of Topliss-reactive ketones (excluding diaryl/α,β-unsaturated/α-hetero) is 1. The molecule has 0 unspecified atom stereocenters. The highest BCUT2D eigenvalue weighted by atomic mass is 32.2. The van der Waals surface area contributed by atoms with Crippen LogP contribution in [-0.4, -0.2) is 50.0 Å². The number of carbonyl (C=O) groups is 3. The van der Waals surface area contributed by atoms with Gasteiger partial charge in [-0.2, -0.15) is 4.31 Å². The third kappa shape index (κ3) is 4.69. The number of nitrogens with one attached hydrogen (secondary N) is 1. The Morgan fingerprint density at radius 3 is 2.36 bits per heavy atom. The topological polar surface area (TPSA) is 104 Å². The molecule has 8 nitrogen and oxygen atoms in total. The zero-order valence-electron chi connectivity index (χ0n) is 18.9. The Bertz CT molecular complexity index is 1220. The van der Waals surface area contributed by atoms with Crippen molar-refractivity contribution in [2.45, 2.75) is 44.0 Å². The van der Waals surface area contributed by atoms with Crippen LogP contribution in [0.5, 0.6) is 0 Å². The second-order valence-corrected chi connectivity index (χ2v) is 10.8. The number of hydrogen-bond donors (Lipinski definition) is 1. The Morgan fingerprint density at radius 2 is 1.76 bits per heavy atom. The molecule has 1 N–H and O–H groups in total. The van der Waals surface area contributed by atoms with Crippen molar-refractivity contribution in [1.29, 1.82) is 0 Å². The van der Waals surface area contributed by atoms with E-state index in [1.807, 2.05) is 6.92 Å². The summed E-state index contributed by atoms with van der Waals surface area (Å²) in [6.45, 7) is 3.06. The molecule has 0 spiro atoms. The molecule has 2 aromatic carbocycles. The normalized spacial score (nSPS) is 17.7. The van der Waals surface area contributed by atoms with Crippen molar-refractivity contribution in [3.8, 4) is 0 Å². The smallest absolute Gasteiger partial charge is 0.243 e. The van der Waals surface area contributed by atoms with Gasteiger partial charge in [0.2, 0.25) is 21.8 Å². The number of fused-ring (bicyclic) bond motifs is 1. The lowest BCUT2D eigenvalue weighted by Crippen LogP contribution is -2.36. The molecule has 1 heterocycles. The number of nitrogens with zero attached hydrogens (tertiary/aromatic N) is 2.